The van der Waals surface area contributed by atoms with E-state index in [4.69, 9.17) is 0 Å². The van der Waals surface area contributed by atoms with Crippen molar-refractivity contribution in [1.29, 1.82) is 0 Å². The number of carbonyl (C=O) groups is 2. The standard InChI is InChI=1S/C25H23N5O3/c31-23(28-20-12-5-2-6-13-20)22(18-9-3-1-4-10-18)29-25(33)26-15-16-30-24(32)21-14-8-7-11-19(21)17-27-30/h1-14,17,22H,15-16H2,(H,28,31)(H2,26,29,33). The Morgan fingerprint density at radius 3 is 2.30 bits per heavy atom. The van der Waals surface area contributed by atoms with Crippen molar-refractivity contribution in [1.82, 2.24) is 20.4 Å². The van der Waals surface area contributed by atoms with Gasteiger partial charge in [-0.15, -0.1) is 0 Å². The highest BCUT2D eigenvalue weighted by atomic mass is 16.2. The van der Waals surface area contributed by atoms with Gasteiger partial charge in [-0.3, -0.25) is 9.59 Å². The molecule has 4 rings (SSSR count). The number of nitrogens with zero attached hydrogens (tertiary/aromatic N) is 2. The number of nitrogens with one attached hydrogen (secondary N) is 3. The SMILES string of the molecule is O=C(NCCn1ncc2ccccc2c1=O)NC(C(=O)Nc1ccccc1)c1ccccc1. The van der Waals surface area contributed by atoms with Crippen LogP contribution in [0.1, 0.15) is 11.6 Å². The summed E-state index contributed by atoms with van der Waals surface area (Å²) < 4.78 is 1.30. The molecule has 0 saturated heterocycles. The third kappa shape index (κ3) is 5.43. The van der Waals surface area contributed by atoms with Crippen LogP contribution in [0.15, 0.2) is 95.9 Å². The van der Waals surface area contributed by atoms with Gasteiger partial charge in [-0.25, -0.2) is 9.48 Å². The largest absolute Gasteiger partial charge is 0.336 e. The maximum absolute atomic E-state index is 12.9. The second kappa shape index (κ2) is 10.2. The predicted molar refractivity (Wildman–Crippen MR) is 127 cm³/mol. The zero-order chi connectivity index (χ0) is 23.0. The summed E-state index contributed by atoms with van der Waals surface area (Å²) in [7, 11) is 0. The average Bonchev–Trinajstić information content (AvgIpc) is 2.85. The normalized spacial score (nSPS) is 11.5. The minimum atomic E-state index is -0.895. The maximum atomic E-state index is 12.9. The van der Waals surface area contributed by atoms with Gasteiger partial charge in [0.15, 0.2) is 0 Å². The Kier molecular flexibility index (Phi) is 6.75. The van der Waals surface area contributed by atoms with Crippen LogP contribution in [0, 0.1) is 0 Å². The van der Waals surface area contributed by atoms with Crippen LogP contribution in [0.2, 0.25) is 0 Å². The molecule has 0 spiro atoms. The maximum Gasteiger partial charge on any atom is 0.315 e. The first-order valence-electron chi connectivity index (χ1n) is 10.5. The minimum absolute atomic E-state index is 0.166. The van der Waals surface area contributed by atoms with Gasteiger partial charge in [0.25, 0.3) is 11.5 Å². The molecule has 166 valence electrons. The van der Waals surface area contributed by atoms with Crippen molar-refractivity contribution in [2.75, 3.05) is 11.9 Å². The fourth-order valence-electron chi connectivity index (χ4n) is 3.43. The van der Waals surface area contributed by atoms with E-state index >= 15 is 0 Å². The van der Waals surface area contributed by atoms with E-state index in [-0.39, 0.29) is 24.6 Å². The highest BCUT2D eigenvalue weighted by Gasteiger charge is 2.22. The lowest BCUT2D eigenvalue weighted by Gasteiger charge is -2.19. The van der Waals surface area contributed by atoms with Crippen molar-refractivity contribution in [3.63, 3.8) is 0 Å². The molecule has 3 N–H and O–H groups in total. The van der Waals surface area contributed by atoms with Crippen LogP contribution in [-0.2, 0) is 11.3 Å². The molecule has 4 aromatic rings. The Labute approximate surface area is 190 Å². The molecule has 0 fully saturated rings. The van der Waals surface area contributed by atoms with Crippen molar-refractivity contribution in [3.8, 4) is 0 Å². The van der Waals surface area contributed by atoms with E-state index in [0.29, 0.717) is 16.6 Å². The predicted octanol–water partition coefficient (Wildman–Crippen LogP) is 3.08. The second-order valence-electron chi connectivity index (χ2n) is 7.36. The van der Waals surface area contributed by atoms with E-state index in [1.807, 2.05) is 36.4 Å². The summed E-state index contributed by atoms with van der Waals surface area (Å²) in [5.74, 6) is -0.366. The third-order valence-electron chi connectivity index (χ3n) is 5.08. The number of carbonyl (C=O) groups excluding carboxylic acids is 2. The minimum Gasteiger partial charge on any atom is -0.336 e. The number of amides is 3. The van der Waals surface area contributed by atoms with Crippen molar-refractivity contribution in [2.24, 2.45) is 0 Å². The summed E-state index contributed by atoms with van der Waals surface area (Å²) in [6.07, 6.45) is 1.62. The zero-order valence-corrected chi connectivity index (χ0v) is 17.8. The van der Waals surface area contributed by atoms with Crippen LogP contribution < -0.4 is 21.5 Å². The lowest BCUT2D eigenvalue weighted by atomic mass is 10.1. The Morgan fingerprint density at radius 2 is 1.55 bits per heavy atom. The number of aromatic nitrogens is 2. The van der Waals surface area contributed by atoms with Crippen molar-refractivity contribution < 1.29 is 9.59 Å². The van der Waals surface area contributed by atoms with E-state index in [0.717, 1.165) is 5.39 Å². The summed E-state index contributed by atoms with van der Waals surface area (Å²) in [6.45, 7) is 0.363. The summed E-state index contributed by atoms with van der Waals surface area (Å²) in [4.78, 5) is 38.0. The van der Waals surface area contributed by atoms with Crippen molar-refractivity contribution in [3.05, 3.63) is 107 Å². The fraction of sp³-hybridized carbons (Fsp3) is 0.120. The van der Waals surface area contributed by atoms with E-state index in [1.54, 1.807) is 54.7 Å². The molecule has 8 nitrogen and oxygen atoms in total. The Hall–Kier alpha value is -4.46. The first kappa shape index (κ1) is 21.8. The number of rotatable bonds is 7. The molecule has 1 heterocycles. The third-order valence-corrected chi connectivity index (χ3v) is 5.08. The number of para-hydroxylation sites is 1. The molecule has 1 aromatic heterocycles. The van der Waals surface area contributed by atoms with E-state index in [9.17, 15) is 14.4 Å². The van der Waals surface area contributed by atoms with Gasteiger partial charge in [-0.05, 0) is 23.8 Å². The first-order valence-corrected chi connectivity index (χ1v) is 10.5. The molecule has 3 amide bonds. The van der Waals surface area contributed by atoms with Crippen LogP contribution in [0.4, 0.5) is 10.5 Å². The van der Waals surface area contributed by atoms with Gasteiger partial charge in [-0.2, -0.15) is 5.10 Å². The second-order valence-corrected chi connectivity index (χ2v) is 7.36. The van der Waals surface area contributed by atoms with Gasteiger partial charge in [0.1, 0.15) is 6.04 Å². The summed E-state index contributed by atoms with van der Waals surface area (Å²) in [5, 5.41) is 13.7. The zero-order valence-electron chi connectivity index (χ0n) is 17.8. The van der Waals surface area contributed by atoms with Gasteiger partial charge >= 0.3 is 6.03 Å². The highest BCUT2D eigenvalue weighted by molar-refractivity contribution is 5.97. The van der Waals surface area contributed by atoms with Crippen molar-refractivity contribution >= 4 is 28.4 Å². The molecule has 33 heavy (non-hydrogen) atoms. The number of urea groups is 1. The molecule has 3 aromatic carbocycles. The lowest BCUT2D eigenvalue weighted by Crippen LogP contribution is -2.44. The van der Waals surface area contributed by atoms with Crippen LogP contribution in [-0.4, -0.2) is 28.3 Å². The summed E-state index contributed by atoms with van der Waals surface area (Å²) in [5.41, 5.74) is 1.06. The molecular weight excluding hydrogens is 418 g/mol. The fourth-order valence-corrected chi connectivity index (χ4v) is 3.43. The first-order chi connectivity index (χ1) is 16.1. The number of hydrogen-bond acceptors (Lipinski definition) is 4. The van der Waals surface area contributed by atoms with Crippen molar-refractivity contribution in [2.45, 2.75) is 12.6 Å². The monoisotopic (exact) mass is 441 g/mol. The number of benzene rings is 3. The highest BCUT2D eigenvalue weighted by Crippen LogP contribution is 2.16. The smallest absolute Gasteiger partial charge is 0.315 e. The molecule has 1 unspecified atom stereocenters. The Morgan fingerprint density at radius 1 is 0.879 bits per heavy atom. The van der Waals surface area contributed by atoms with Crippen LogP contribution in [0.5, 0.6) is 0 Å². The molecule has 0 saturated carbocycles. The van der Waals surface area contributed by atoms with Crippen LogP contribution in [0.3, 0.4) is 0 Å². The summed E-state index contributed by atoms with van der Waals surface area (Å²) >= 11 is 0. The quantitative estimate of drug-likeness (QED) is 0.410. The van der Waals surface area contributed by atoms with Crippen LogP contribution >= 0.6 is 0 Å². The van der Waals surface area contributed by atoms with Gasteiger partial charge in [0.05, 0.1) is 18.1 Å². The molecule has 0 bridgehead atoms. The number of fused-ring (bicyclic) bond motifs is 1. The van der Waals surface area contributed by atoms with E-state index < -0.39 is 12.1 Å². The topological polar surface area (TPSA) is 105 Å². The molecule has 0 aliphatic carbocycles. The number of anilines is 1. The van der Waals surface area contributed by atoms with Gasteiger partial charge in [0.2, 0.25) is 0 Å². The number of hydrogen-bond donors (Lipinski definition) is 3. The van der Waals surface area contributed by atoms with E-state index in [2.05, 4.69) is 21.0 Å². The Bertz CT molecular complexity index is 1310. The molecule has 1 atom stereocenters. The molecule has 0 aliphatic rings. The lowest BCUT2D eigenvalue weighted by molar-refractivity contribution is -0.118. The van der Waals surface area contributed by atoms with Gasteiger partial charge in [-0.1, -0.05) is 66.7 Å². The van der Waals surface area contributed by atoms with Gasteiger partial charge < -0.3 is 16.0 Å². The van der Waals surface area contributed by atoms with Gasteiger partial charge in [0, 0.05) is 17.6 Å². The molecule has 8 heteroatoms. The van der Waals surface area contributed by atoms with E-state index in [1.165, 1.54) is 4.68 Å². The summed E-state index contributed by atoms with van der Waals surface area (Å²) in [6, 6.07) is 23.8. The average molecular weight is 441 g/mol. The van der Waals surface area contributed by atoms with Crippen LogP contribution in [0.25, 0.3) is 10.8 Å². The Balaban J connectivity index is 1.40. The molecule has 0 radical (unpaired) electrons. The molecular formula is C25H23N5O3. The molecule has 0 aliphatic heterocycles.